The van der Waals surface area contributed by atoms with Crippen molar-refractivity contribution in [1.29, 1.82) is 0 Å². The molecule has 5 nitrogen and oxygen atoms in total. The maximum absolute atomic E-state index is 12.9. The van der Waals surface area contributed by atoms with Crippen molar-refractivity contribution in [3.8, 4) is 0 Å². The molecule has 0 radical (unpaired) electrons. The molecule has 0 spiro atoms. The van der Waals surface area contributed by atoms with Crippen LogP contribution < -0.4 is 10.3 Å². The molecular weight excluding hydrogens is 290 g/mol. The number of nitrogens with one attached hydrogen (secondary N) is 1. The highest BCUT2D eigenvalue weighted by molar-refractivity contribution is 6.17. The number of carbonyl (C=O) groups excluding carboxylic acids is 2. The molecule has 0 saturated carbocycles. The lowest BCUT2D eigenvalue weighted by molar-refractivity contribution is -0.125. The van der Waals surface area contributed by atoms with Gasteiger partial charge in [0.25, 0.3) is 5.91 Å². The SMILES string of the molecule is CCN1NC(C(C)(C)C)C(=O)N(c2ccc(C(C)C)cc2)C1=O. The van der Waals surface area contributed by atoms with Crippen LogP contribution in [0.2, 0.25) is 0 Å². The number of hydrazine groups is 1. The van der Waals surface area contributed by atoms with Gasteiger partial charge in [0.1, 0.15) is 6.04 Å². The minimum atomic E-state index is -0.440. The minimum Gasteiger partial charge on any atom is -0.272 e. The number of urea groups is 1. The van der Waals surface area contributed by atoms with Gasteiger partial charge in [0.2, 0.25) is 0 Å². The van der Waals surface area contributed by atoms with Gasteiger partial charge in [-0.15, -0.1) is 0 Å². The molecule has 2 rings (SSSR count). The summed E-state index contributed by atoms with van der Waals surface area (Å²) in [5, 5.41) is 1.51. The zero-order valence-corrected chi connectivity index (χ0v) is 14.9. The number of hydrogen-bond acceptors (Lipinski definition) is 3. The van der Waals surface area contributed by atoms with Crippen LogP contribution in [0.15, 0.2) is 24.3 Å². The number of carbonyl (C=O) groups is 2. The summed E-state index contributed by atoms with van der Waals surface area (Å²) in [5.74, 6) is 0.206. The van der Waals surface area contributed by atoms with Gasteiger partial charge in [0.15, 0.2) is 0 Å². The fraction of sp³-hybridized carbons (Fsp3) is 0.556. The lowest BCUT2D eigenvalue weighted by Gasteiger charge is -2.43. The molecular formula is C18H27N3O2. The van der Waals surface area contributed by atoms with E-state index in [1.165, 1.54) is 15.5 Å². The average molecular weight is 317 g/mol. The number of nitrogens with zero attached hydrogens (tertiary/aromatic N) is 2. The van der Waals surface area contributed by atoms with Crippen molar-refractivity contribution >= 4 is 17.6 Å². The number of hydrogen-bond donors (Lipinski definition) is 1. The maximum atomic E-state index is 12.9. The van der Waals surface area contributed by atoms with E-state index in [0.29, 0.717) is 18.2 Å². The van der Waals surface area contributed by atoms with E-state index in [1.807, 2.05) is 52.0 Å². The van der Waals surface area contributed by atoms with Gasteiger partial charge in [0.05, 0.1) is 5.69 Å². The number of rotatable bonds is 3. The Morgan fingerprint density at radius 3 is 2.13 bits per heavy atom. The molecule has 126 valence electrons. The normalized spacial score (nSPS) is 19.7. The number of anilines is 1. The van der Waals surface area contributed by atoms with Crippen LogP contribution >= 0.6 is 0 Å². The standard InChI is InChI=1S/C18H27N3O2/c1-7-20-17(23)21(16(22)15(19-20)18(4,5)6)14-10-8-13(9-11-14)12(2)3/h8-12,15,19H,7H2,1-6H3. The van der Waals surface area contributed by atoms with Crippen LogP contribution in [0, 0.1) is 5.41 Å². The largest absolute Gasteiger partial charge is 0.345 e. The fourth-order valence-corrected chi connectivity index (χ4v) is 2.65. The van der Waals surface area contributed by atoms with Gasteiger partial charge in [-0.3, -0.25) is 9.80 Å². The fourth-order valence-electron chi connectivity index (χ4n) is 2.65. The number of amides is 3. The van der Waals surface area contributed by atoms with Crippen molar-refractivity contribution < 1.29 is 9.59 Å². The van der Waals surface area contributed by atoms with E-state index in [0.717, 1.165) is 0 Å². The molecule has 1 fully saturated rings. The minimum absolute atomic E-state index is 0.204. The Morgan fingerprint density at radius 2 is 1.70 bits per heavy atom. The first-order valence-electron chi connectivity index (χ1n) is 8.18. The van der Waals surface area contributed by atoms with Crippen LogP contribution in [0.25, 0.3) is 0 Å². The van der Waals surface area contributed by atoms with Crippen molar-refractivity contribution in [2.24, 2.45) is 5.41 Å². The molecule has 1 atom stereocenters. The number of imide groups is 1. The van der Waals surface area contributed by atoms with E-state index in [4.69, 9.17) is 0 Å². The van der Waals surface area contributed by atoms with Crippen LogP contribution in [-0.4, -0.2) is 29.5 Å². The van der Waals surface area contributed by atoms with Crippen LogP contribution in [0.1, 0.15) is 53.0 Å². The molecule has 1 aliphatic heterocycles. The highest BCUT2D eigenvalue weighted by Crippen LogP contribution is 2.29. The monoisotopic (exact) mass is 317 g/mol. The van der Waals surface area contributed by atoms with E-state index >= 15 is 0 Å². The van der Waals surface area contributed by atoms with E-state index in [1.54, 1.807) is 0 Å². The van der Waals surface area contributed by atoms with E-state index < -0.39 is 6.04 Å². The summed E-state index contributed by atoms with van der Waals surface area (Å²) < 4.78 is 0. The molecule has 1 heterocycles. The zero-order valence-electron chi connectivity index (χ0n) is 14.9. The lowest BCUT2D eigenvalue weighted by Crippen LogP contribution is -2.68. The molecule has 1 aliphatic rings. The number of benzene rings is 1. The Morgan fingerprint density at radius 1 is 1.13 bits per heavy atom. The Balaban J connectivity index is 2.40. The third-order valence-electron chi connectivity index (χ3n) is 4.17. The van der Waals surface area contributed by atoms with Crippen molar-refractivity contribution in [2.45, 2.75) is 53.5 Å². The van der Waals surface area contributed by atoms with Gasteiger partial charge in [-0.05, 0) is 36.0 Å². The molecule has 1 aromatic rings. The highest BCUT2D eigenvalue weighted by atomic mass is 16.2. The van der Waals surface area contributed by atoms with Crippen LogP contribution in [0.5, 0.6) is 0 Å². The summed E-state index contributed by atoms with van der Waals surface area (Å²) in [6, 6.07) is 6.89. The molecule has 1 saturated heterocycles. The molecule has 0 aliphatic carbocycles. The highest BCUT2D eigenvalue weighted by Gasteiger charge is 2.44. The van der Waals surface area contributed by atoms with Gasteiger partial charge < -0.3 is 0 Å². The Kier molecular flexibility index (Phi) is 4.80. The smallest absolute Gasteiger partial charge is 0.272 e. The van der Waals surface area contributed by atoms with Gasteiger partial charge in [-0.25, -0.2) is 15.1 Å². The molecule has 1 N–H and O–H groups in total. The lowest BCUT2D eigenvalue weighted by atomic mass is 9.85. The Bertz CT molecular complexity index is 587. The third-order valence-corrected chi connectivity index (χ3v) is 4.17. The molecule has 1 unspecified atom stereocenters. The summed E-state index contributed by atoms with van der Waals surface area (Å²) in [5.41, 5.74) is 4.58. The Labute approximate surface area is 138 Å². The molecule has 23 heavy (non-hydrogen) atoms. The first-order valence-corrected chi connectivity index (χ1v) is 8.18. The second-order valence-electron chi connectivity index (χ2n) is 7.37. The van der Waals surface area contributed by atoms with Crippen LogP contribution in [0.3, 0.4) is 0 Å². The summed E-state index contributed by atoms with van der Waals surface area (Å²) in [4.78, 5) is 26.8. The molecule has 0 aromatic heterocycles. The molecule has 0 bridgehead atoms. The summed E-state index contributed by atoms with van der Waals surface area (Å²) in [7, 11) is 0. The van der Waals surface area contributed by atoms with Crippen molar-refractivity contribution in [2.75, 3.05) is 11.4 Å². The van der Waals surface area contributed by atoms with Gasteiger partial charge in [0, 0.05) is 6.54 Å². The Hall–Kier alpha value is -1.88. The van der Waals surface area contributed by atoms with Crippen LogP contribution in [-0.2, 0) is 4.79 Å². The van der Waals surface area contributed by atoms with E-state index in [9.17, 15) is 9.59 Å². The topological polar surface area (TPSA) is 52.7 Å². The van der Waals surface area contributed by atoms with Crippen molar-refractivity contribution in [1.82, 2.24) is 10.4 Å². The van der Waals surface area contributed by atoms with Crippen molar-refractivity contribution in [3.63, 3.8) is 0 Å². The second-order valence-corrected chi connectivity index (χ2v) is 7.37. The first-order chi connectivity index (χ1) is 10.7. The maximum Gasteiger partial charge on any atom is 0.345 e. The van der Waals surface area contributed by atoms with E-state index in [2.05, 4.69) is 19.3 Å². The quantitative estimate of drug-likeness (QED) is 0.928. The third kappa shape index (κ3) is 3.39. The predicted octanol–water partition coefficient (Wildman–Crippen LogP) is 3.52. The summed E-state index contributed by atoms with van der Waals surface area (Å²) in [6.07, 6.45) is 0. The molecule has 3 amide bonds. The summed E-state index contributed by atoms with van der Waals surface area (Å²) in [6.45, 7) is 12.6. The van der Waals surface area contributed by atoms with Crippen molar-refractivity contribution in [3.05, 3.63) is 29.8 Å². The zero-order chi connectivity index (χ0) is 17.4. The van der Waals surface area contributed by atoms with Crippen LogP contribution in [0.4, 0.5) is 10.5 Å². The van der Waals surface area contributed by atoms with Gasteiger partial charge >= 0.3 is 6.03 Å². The van der Waals surface area contributed by atoms with E-state index in [-0.39, 0.29) is 17.4 Å². The summed E-state index contributed by atoms with van der Waals surface area (Å²) >= 11 is 0. The van der Waals surface area contributed by atoms with Gasteiger partial charge in [-0.1, -0.05) is 46.8 Å². The predicted molar refractivity (Wildman–Crippen MR) is 92.2 cm³/mol. The van der Waals surface area contributed by atoms with Gasteiger partial charge in [-0.2, -0.15) is 0 Å². The average Bonchev–Trinajstić information content (AvgIpc) is 2.46. The first kappa shape index (κ1) is 17.5. The molecule has 5 heteroatoms. The molecule has 1 aromatic carbocycles. The second kappa shape index (κ2) is 6.32.